The number of nitrogens with one attached hydrogen (secondary N) is 1. The van der Waals surface area contributed by atoms with Crippen molar-refractivity contribution in [2.75, 3.05) is 46.4 Å². The van der Waals surface area contributed by atoms with Crippen molar-refractivity contribution in [2.45, 2.75) is 12.5 Å². The fraction of sp³-hybridized carbons (Fsp3) is 0.474. The third kappa shape index (κ3) is 5.59. The summed E-state index contributed by atoms with van der Waals surface area (Å²) in [7, 11) is 1.55. The Morgan fingerprint density at radius 1 is 1.24 bits per heavy atom. The van der Waals surface area contributed by atoms with Crippen molar-refractivity contribution in [2.24, 2.45) is 0 Å². The molecule has 0 aromatic heterocycles. The number of nitrogens with zero attached hydrogens (tertiary/aromatic N) is 2. The van der Waals surface area contributed by atoms with Crippen molar-refractivity contribution in [3.63, 3.8) is 0 Å². The molecule has 0 spiro atoms. The highest BCUT2D eigenvalue weighted by Gasteiger charge is 2.27. The zero-order valence-corrected chi connectivity index (χ0v) is 14.6. The molecule has 1 aliphatic rings. The van der Waals surface area contributed by atoms with Crippen LogP contribution in [0.4, 0.5) is 0 Å². The molecule has 1 atom stereocenters. The lowest BCUT2D eigenvalue weighted by Gasteiger charge is -2.26. The van der Waals surface area contributed by atoms with Gasteiger partial charge in [-0.3, -0.25) is 14.5 Å². The van der Waals surface area contributed by atoms with E-state index in [0.29, 0.717) is 26.2 Å². The van der Waals surface area contributed by atoms with Gasteiger partial charge in [0.2, 0.25) is 5.91 Å². The molecule has 0 saturated carbocycles. The number of carbonyl (C=O) groups excluding carboxylic acids is 2. The first-order valence-corrected chi connectivity index (χ1v) is 8.44. The van der Waals surface area contributed by atoms with Crippen LogP contribution in [0.3, 0.4) is 0 Å². The Labute approximate surface area is 149 Å². The molecule has 1 aromatic rings. The predicted molar refractivity (Wildman–Crippen MR) is 95.7 cm³/mol. The van der Waals surface area contributed by atoms with Crippen LogP contribution in [0.1, 0.15) is 18.1 Å². The second-order valence-corrected chi connectivity index (χ2v) is 5.96. The lowest BCUT2D eigenvalue weighted by molar-refractivity contribution is -0.142. The van der Waals surface area contributed by atoms with Crippen molar-refractivity contribution in [1.82, 2.24) is 15.1 Å². The van der Waals surface area contributed by atoms with Gasteiger partial charge < -0.3 is 15.0 Å². The largest absolute Gasteiger partial charge is 0.367 e. The lowest BCUT2D eigenvalue weighted by Crippen LogP contribution is -2.41. The number of carbonyl (C=O) groups is 2. The zero-order valence-electron chi connectivity index (χ0n) is 14.6. The van der Waals surface area contributed by atoms with E-state index in [1.54, 1.807) is 7.11 Å². The first-order valence-electron chi connectivity index (χ1n) is 8.44. The van der Waals surface area contributed by atoms with Gasteiger partial charge >= 0.3 is 0 Å². The van der Waals surface area contributed by atoms with E-state index in [-0.39, 0.29) is 18.4 Å². The van der Waals surface area contributed by atoms with Gasteiger partial charge in [-0.2, -0.15) is 0 Å². The van der Waals surface area contributed by atoms with Gasteiger partial charge in [0.05, 0.1) is 13.1 Å². The molecule has 2 amide bonds. The van der Waals surface area contributed by atoms with Crippen LogP contribution in [0.15, 0.2) is 30.3 Å². The van der Waals surface area contributed by atoms with Crippen LogP contribution < -0.4 is 5.32 Å². The van der Waals surface area contributed by atoms with E-state index in [9.17, 15) is 9.59 Å². The topological polar surface area (TPSA) is 61.9 Å². The maximum absolute atomic E-state index is 12.8. The average molecular weight is 343 g/mol. The van der Waals surface area contributed by atoms with Gasteiger partial charge in [0.15, 0.2) is 6.10 Å². The molecule has 1 aromatic carbocycles. The molecule has 6 nitrogen and oxygen atoms in total. The highest BCUT2D eigenvalue weighted by molar-refractivity contribution is 5.82. The Kier molecular flexibility index (Phi) is 7.45. The predicted octanol–water partition coefficient (Wildman–Crippen LogP) is 0.658. The quantitative estimate of drug-likeness (QED) is 0.771. The SMILES string of the molecule is C#CCNC(=O)CN1CCCN(C(=O)[C@H](OC)c2ccccc2)CC1. The normalized spacial score (nSPS) is 16.6. The minimum atomic E-state index is -0.591. The Morgan fingerprint density at radius 2 is 2.00 bits per heavy atom. The molecule has 6 heteroatoms. The van der Waals surface area contributed by atoms with Crippen LogP contribution >= 0.6 is 0 Å². The Hall–Kier alpha value is -2.36. The summed E-state index contributed by atoms with van der Waals surface area (Å²) in [5.41, 5.74) is 0.852. The van der Waals surface area contributed by atoms with Crippen molar-refractivity contribution in [3.8, 4) is 12.3 Å². The summed E-state index contributed by atoms with van der Waals surface area (Å²) < 4.78 is 5.44. The van der Waals surface area contributed by atoms with Crippen LogP contribution in [0.25, 0.3) is 0 Å². The molecular formula is C19H25N3O3. The summed E-state index contributed by atoms with van der Waals surface area (Å²) in [6.45, 7) is 3.21. The van der Waals surface area contributed by atoms with Crippen molar-refractivity contribution in [3.05, 3.63) is 35.9 Å². The molecule has 0 bridgehead atoms. The van der Waals surface area contributed by atoms with Gasteiger partial charge in [-0.05, 0) is 12.0 Å². The Morgan fingerprint density at radius 3 is 2.68 bits per heavy atom. The van der Waals surface area contributed by atoms with Crippen molar-refractivity contribution < 1.29 is 14.3 Å². The number of amides is 2. The number of ether oxygens (including phenoxy) is 1. The number of rotatable bonds is 6. The van der Waals surface area contributed by atoms with Gasteiger partial charge in [-0.1, -0.05) is 36.3 Å². The van der Waals surface area contributed by atoms with E-state index in [1.165, 1.54) is 0 Å². The van der Waals surface area contributed by atoms with Crippen LogP contribution in [0.5, 0.6) is 0 Å². The molecule has 1 heterocycles. The lowest BCUT2D eigenvalue weighted by atomic mass is 10.1. The van der Waals surface area contributed by atoms with Gasteiger partial charge in [0.25, 0.3) is 5.91 Å². The average Bonchev–Trinajstić information content (AvgIpc) is 2.87. The second kappa shape index (κ2) is 9.82. The van der Waals surface area contributed by atoms with E-state index in [1.807, 2.05) is 40.1 Å². The van der Waals surface area contributed by atoms with E-state index in [4.69, 9.17) is 11.2 Å². The molecule has 0 aliphatic carbocycles. The molecule has 1 saturated heterocycles. The number of hydrogen-bond donors (Lipinski definition) is 1. The first-order chi connectivity index (χ1) is 12.2. The maximum atomic E-state index is 12.8. The van der Waals surface area contributed by atoms with Gasteiger partial charge in [-0.25, -0.2) is 0 Å². The summed E-state index contributed by atoms with van der Waals surface area (Å²) in [6, 6.07) is 9.50. The van der Waals surface area contributed by atoms with Crippen LogP contribution in [0, 0.1) is 12.3 Å². The van der Waals surface area contributed by atoms with E-state index in [0.717, 1.165) is 18.5 Å². The summed E-state index contributed by atoms with van der Waals surface area (Å²) in [6.07, 6.45) is 5.37. The monoisotopic (exact) mass is 343 g/mol. The Bertz CT molecular complexity index is 612. The smallest absolute Gasteiger partial charge is 0.256 e. The zero-order chi connectivity index (χ0) is 18.1. The molecule has 25 heavy (non-hydrogen) atoms. The maximum Gasteiger partial charge on any atom is 0.256 e. The van der Waals surface area contributed by atoms with Crippen molar-refractivity contribution >= 4 is 11.8 Å². The van der Waals surface area contributed by atoms with Crippen LogP contribution in [-0.4, -0.2) is 68.0 Å². The summed E-state index contributed by atoms with van der Waals surface area (Å²) in [4.78, 5) is 28.5. The van der Waals surface area contributed by atoms with Crippen molar-refractivity contribution in [1.29, 1.82) is 0 Å². The third-order valence-corrected chi connectivity index (χ3v) is 4.22. The molecule has 2 rings (SSSR count). The van der Waals surface area contributed by atoms with Gasteiger partial charge in [0.1, 0.15) is 0 Å². The number of hydrogen-bond acceptors (Lipinski definition) is 4. The first kappa shape index (κ1) is 19.0. The number of methoxy groups -OCH3 is 1. The molecule has 0 unspecified atom stereocenters. The molecule has 1 N–H and O–H groups in total. The molecule has 1 fully saturated rings. The fourth-order valence-corrected chi connectivity index (χ4v) is 2.93. The minimum Gasteiger partial charge on any atom is -0.367 e. The number of benzene rings is 1. The minimum absolute atomic E-state index is 0.0349. The highest BCUT2D eigenvalue weighted by atomic mass is 16.5. The molecular weight excluding hydrogens is 318 g/mol. The van der Waals surface area contributed by atoms with Crippen LogP contribution in [0.2, 0.25) is 0 Å². The molecule has 0 radical (unpaired) electrons. The summed E-state index contributed by atoms with van der Waals surface area (Å²) in [5, 5.41) is 2.67. The van der Waals surface area contributed by atoms with Gasteiger partial charge in [0, 0.05) is 33.3 Å². The van der Waals surface area contributed by atoms with E-state index in [2.05, 4.69) is 11.2 Å². The number of terminal acetylenes is 1. The Balaban J connectivity index is 1.92. The summed E-state index contributed by atoms with van der Waals surface area (Å²) >= 11 is 0. The molecule has 134 valence electrons. The standard InChI is InChI=1S/C19H25N3O3/c1-3-10-20-17(23)15-21-11-7-12-22(14-13-21)19(24)18(25-2)16-8-5-4-6-9-16/h1,4-6,8-9,18H,7,10-15H2,2H3,(H,20,23)/t18-/m1/s1. The highest BCUT2D eigenvalue weighted by Crippen LogP contribution is 2.20. The fourth-order valence-electron chi connectivity index (χ4n) is 2.93. The van der Waals surface area contributed by atoms with Gasteiger partial charge in [-0.15, -0.1) is 6.42 Å². The van der Waals surface area contributed by atoms with E-state index < -0.39 is 6.10 Å². The van der Waals surface area contributed by atoms with E-state index >= 15 is 0 Å². The second-order valence-electron chi connectivity index (χ2n) is 5.96. The summed E-state index contributed by atoms with van der Waals surface area (Å²) in [5.74, 6) is 2.27. The molecule has 1 aliphatic heterocycles. The van der Waals surface area contributed by atoms with Crippen LogP contribution in [-0.2, 0) is 14.3 Å². The third-order valence-electron chi connectivity index (χ3n) is 4.22.